The van der Waals surface area contributed by atoms with E-state index in [1.54, 1.807) is 7.11 Å². The number of ether oxygens (including phenoxy) is 2. The standard InChI is InChI=1S/C15H25NO2/c1-5-16-15(10-11-17-4)13-6-8-14(9-7-13)18-12(2)3/h6-9,12,15-16H,5,10-11H2,1-4H3. The third kappa shape index (κ3) is 5.07. The van der Waals surface area contributed by atoms with Gasteiger partial charge in [0.25, 0.3) is 0 Å². The van der Waals surface area contributed by atoms with Crippen molar-refractivity contribution in [3.8, 4) is 5.75 Å². The van der Waals surface area contributed by atoms with Crippen molar-refractivity contribution in [3.63, 3.8) is 0 Å². The van der Waals surface area contributed by atoms with E-state index >= 15 is 0 Å². The van der Waals surface area contributed by atoms with Gasteiger partial charge in [0.1, 0.15) is 5.75 Å². The van der Waals surface area contributed by atoms with E-state index in [-0.39, 0.29) is 6.10 Å². The van der Waals surface area contributed by atoms with E-state index in [0.29, 0.717) is 6.04 Å². The first-order valence-corrected chi connectivity index (χ1v) is 6.66. The van der Waals surface area contributed by atoms with Gasteiger partial charge in [0.2, 0.25) is 0 Å². The molecule has 3 nitrogen and oxygen atoms in total. The maximum absolute atomic E-state index is 5.64. The van der Waals surface area contributed by atoms with Gasteiger partial charge in [0.15, 0.2) is 0 Å². The molecule has 1 aromatic carbocycles. The summed E-state index contributed by atoms with van der Waals surface area (Å²) in [5.74, 6) is 0.927. The van der Waals surface area contributed by atoms with Crippen molar-refractivity contribution in [2.24, 2.45) is 0 Å². The average Bonchev–Trinajstić information content (AvgIpc) is 2.35. The summed E-state index contributed by atoms with van der Waals surface area (Å²) in [5, 5.41) is 3.47. The molecule has 1 aromatic rings. The van der Waals surface area contributed by atoms with Crippen LogP contribution >= 0.6 is 0 Å². The van der Waals surface area contributed by atoms with E-state index < -0.39 is 0 Å². The molecule has 0 bridgehead atoms. The Morgan fingerprint density at radius 2 is 1.83 bits per heavy atom. The third-order valence-corrected chi connectivity index (χ3v) is 2.72. The number of rotatable bonds is 8. The molecule has 1 unspecified atom stereocenters. The molecule has 0 fully saturated rings. The minimum Gasteiger partial charge on any atom is -0.491 e. The second-order valence-electron chi connectivity index (χ2n) is 4.63. The minimum atomic E-state index is 0.217. The summed E-state index contributed by atoms with van der Waals surface area (Å²) < 4.78 is 10.8. The topological polar surface area (TPSA) is 30.5 Å². The second-order valence-corrected chi connectivity index (χ2v) is 4.63. The molecule has 0 saturated carbocycles. The van der Waals surface area contributed by atoms with Gasteiger partial charge in [-0.2, -0.15) is 0 Å². The van der Waals surface area contributed by atoms with Crippen molar-refractivity contribution in [1.29, 1.82) is 0 Å². The first-order valence-electron chi connectivity index (χ1n) is 6.66. The number of benzene rings is 1. The SMILES string of the molecule is CCNC(CCOC)c1ccc(OC(C)C)cc1. The Bertz CT molecular complexity index is 322. The number of hydrogen-bond acceptors (Lipinski definition) is 3. The first kappa shape index (κ1) is 15.0. The molecule has 18 heavy (non-hydrogen) atoms. The van der Waals surface area contributed by atoms with Gasteiger partial charge in [-0.25, -0.2) is 0 Å². The molecule has 0 aliphatic heterocycles. The van der Waals surface area contributed by atoms with E-state index in [0.717, 1.165) is 25.3 Å². The highest BCUT2D eigenvalue weighted by Gasteiger charge is 2.10. The molecule has 1 atom stereocenters. The fourth-order valence-corrected chi connectivity index (χ4v) is 1.92. The summed E-state index contributed by atoms with van der Waals surface area (Å²) in [6, 6.07) is 8.67. The van der Waals surface area contributed by atoms with Crippen molar-refractivity contribution in [3.05, 3.63) is 29.8 Å². The van der Waals surface area contributed by atoms with Gasteiger partial charge in [-0.15, -0.1) is 0 Å². The van der Waals surface area contributed by atoms with Crippen LogP contribution in [0.1, 0.15) is 38.8 Å². The largest absolute Gasteiger partial charge is 0.491 e. The van der Waals surface area contributed by atoms with Crippen LogP contribution in [-0.4, -0.2) is 26.4 Å². The monoisotopic (exact) mass is 251 g/mol. The highest BCUT2D eigenvalue weighted by molar-refractivity contribution is 5.29. The van der Waals surface area contributed by atoms with Crippen molar-refractivity contribution in [2.45, 2.75) is 39.3 Å². The van der Waals surface area contributed by atoms with E-state index in [4.69, 9.17) is 9.47 Å². The lowest BCUT2D eigenvalue weighted by Crippen LogP contribution is -2.22. The summed E-state index contributed by atoms with van der Waals surface area (Å²) in [7, 11) is 1.74. The predicted molar refractivity (Wildman–Crippen MR) is 75.1 cm³/mol. The van der Waals surface area contributed by atoms with Gasteiger partial charge in [-0.3, -0.25) is 0 Å². The Balaban J connectivity index is 2.67. The Kier molecular flexibility index (Phi) is 6.76. The maximum atomic E-state index is 5.64. The summed E-state index contributed by atoms with van der Waals surface area (Å²) in [6.45, 7) is 7.92. The van der Waals surface area contributed by atoms with Crippen LogP contribution in [-0.2, 0) is 4.74 Å². The zero-order valence-electron chi connectivity index (χ0n) is 11.9. The van der Waals surface area contributed by atoms with Crippen molar-refractivity contribution < 1.29 is 9.47 Å². The smallest absolute Gasteiger partial charge is 0.119 e. The number of nitrogens with one attached hydrogen (secondary N) is 1. The first-order chi connectivity index (χ1) is 8.67. The van der Waals surface area contributed by atoms with Crippen LogP contribution in [0.3, 0.4) is 0 Å². The fourth-order valence-electron chi connectivity index (χ4n) is 1.92. The number of hydrogen-bond donors (Lipinski definition) is 1. The van der Waals surface area contributed by atoms with E-state index in [9.17, 15) is 0 Å². The molecule has 0 spiro atoms. The molecule has 1 rings (SSSR count). The Hall–Kier alpha value is -1.06. The Labute approximate surface area is 110 Å². The van der Waals surface area contributed by atoms with E-state index in [1.165, 1.54) is 5.56 Å². The second kappa shape index (κ2) is 8.11. The van der Waals surface area contributed by atoms with Crippen molar-refractivity contribution in [2.75, 3.05) is 20.3 Å². The van der Waals surface area contributed by atoms with Crippen LogP contribution in [0.2, 0.25) is 0 Å². The lowest BCUT2D eigenvalue weighted by atomic mass is 10.0. The van der Waals surface area contributed by atoms with Gasteiger partial charge in [0, 0.05) is 19.8 Å². The Morgan fingerprint density at radius 1 is 1.17 bits per heavy atom. The molecule has 0 saturated heterocycles. The van der Waals surface area contributed by atoms with Gasteiger partial charge in [-0.1, -0.05) is 19.1 Å². The normalized spacial score (nSPS) is 12.7. The van der Waals surface area contributed by atoms with Gasteiger partial charge < -0.3 is 14.8 Å². The van der Waals surface area contributed by atoms with Gasteiger partial charge in [-0.05, 0) is 44.5 Å². The van der Waals surface area contributed by atoms with E-state index in [1.807, 2.05) is 26.0 Å². The molecular formula is C15H25NO2. The highest BCUT2D eigenvalue weighted by Crippen LogP contribution is 2.21. The van der Waals surface area contributed by atoms with Crippen LogP contribution in [0.25, 0.3) is 0 Å². The van der Waals surface area contributed by atoms with Crippen molar-refractivity contribution >= 4 is 0 Å². The lowest BCUT2D eigenvalue weighted by Gasteiger charge is -2.18. The molecule has 3 heteroatoms. The van der Waals surface area contributed by atoms with Gasteiger partial charge >= 0.3 is 0 Å². The maximum Gasteiger partial charge on any atom is 0.119 e. The zero-order valence-corrected chi connectivity index (χ0v) is 11.9. The quantitative estimate of drug-likeness (QED) is 0.770. The molecule has 0 aliphatic carbocycles. The molecule has 1 N–H and O–H groups in total. The summed E-state index contributed by atoms with van der Waals surface area (Å²) in [4.78, 5) is 0. The summed E-state index contributed by atoms with van der Waals surface area (Å²) >= 11 is 0. The Morgan fingerprint density at radius 3 is 2.33 bits per heavy atom. The van der Waals surface area contributed by atoms with Gasteiger partial charge in [0.05, 0.1) is 6.10 Å². The lowest BCUT2D eigenvalue weighted by molar-refractivity contribution is 0.183. The van der Waals surface area contributed by atoms with Crippen molar-refractivity contribution in [1.82, 2.24) is 5.32 Å². The molecular weight excluding hydrogens is 226 g/mol. The van der Waals surface area contributed by atoms with Crippen LogP contribution in [0, 0.1) is 0 Å². The van der Waals surface area contributed by atoms with E-state index in [2.05, 4.69) is 24.4 Å². The minimum absolute atomic E-state index is 0.217. The molecule has 0 aromatic heterocycles. The molecule has 0 amide bonds. The van der Waals surface area contributed by atoms with Crippen LogP contribution in [0.4, 0.5) is 0 Å². The zero-order chi connectivity index (χ0) is 13.4. The van der Waals surface area contributed by atoms with Crippen LogP contribution in [0.15, 0.2) is 24.3 Å². The van der Waals surface area contributed by atoms with Crippen LogP contribution in [0.5, 0.6) is 5.75 Å². The average molecular weight is 251 g/mol. The predicted octanol–water partition coefficient (Wildman–Crippen LogP) is 3.16. The fraction of sp³-hybridized carbons (Fsp3) is 0.600. The summed E-state index contributed by atoms with van der Waals surface area (Å²) in [5.41, 5.74) is 1.28. The molecule has 0 aliphatic rings. The third-order valence-electron chi connectivity index (χ3n) is 2.72. The highest BCUT2D eigenvalue weighted by atomic mass is 16.5. The van der Waals surface area contributed by atoms with Crippen LogP contribution < -0.4 is 10.1 Å². The molecule has 0 heterocycles. The molecule has 102 valence electrons. The molecule has 0 radical (unpaired) electrons. The summed E-state index contributed by atoms with van der Waals surface area (Å²) in [6.07, 6.45) is 1.20. The number of methoxy groups -OCH3 is 1.